The molecule has 0 spiro atoms. The van der Waals surface area contributed by atoms with Crippen LogP contribution in [0.15, 0.2) is 53.7 Å². The van der Waals surface area contributed by atoms with Crippen LogP contribution in [-0.4, -0.2) is 15.0 Å². The van der Waals surface area contributed by atoms with Gasteiger partial charge in [-0.3, -0.25) is 4.98 Å². The fraction of sp³-hybridized carbons (Fsp3) is 0.105. The van der Waals surface area contributed by atoms with Crippen molar-refractivity contribution in [2.24, 2.45) is 0 Å². The van der Waals surface area contributed by atoms with Crippen LogP contribution in [0.3, 0.4) is 0 Å². The molecule has 0 aliphatic heterocycles. The molecule has 0 fully saturated rings. The predicted octanol–water partition coefficient (Wildman–Crippen LogP) is 4.07. The van der Waals surface area contributed by atoms with Gasteiger partial charge >= 0.3 is 0 Å². The van der Waals surface area contributed by atoms with Crippen LogP contribution < -0.4 is 0 Å². The normalized spacial score (nSPS) is 20.2. The Labute approximate surface area is 136 Å². The summed E-state index contributed by atoms with van der Waals surface area (Å²) in [4.78, 5) is 13.6. The van der Waals surface area contributed by atoms with Gasteiger partial charge in [0.1, 0.15) is 6.33 Å². The maximum atomic E-state index is 4.71. The molecular weight excluding hydrogens is 302 g/mol. The number of fused-ring (bicyclic) bond motifs is 1. The minimum absolute atomic E-state index is 0.133. The minimum atomic E-state index is 0.133. The molecule has 108 valence electrons. The first-order valence-corrected chi connectivity index (χ1v) is 8.60. The van der Waals surface area contributed by atoms with E-state index in [1.807, 2.05) is 18.5 Å². The second kappa shape index (κ2) is 4.03. The SMILES string of the molecule is c1cnc2c(c1)C1c3cc4cscc4cc3C2c2ncncc21. The first-order chi connectivity index (χ1) is 11.4. The van der Waals surface area contributed by atoms with Crippen LogP contribution in [0.1, 0.15) is 45.5 Å². The van der Waals surface area contributed by atoms with E-state index in [1.54, 1.807) is 17.7 Å². The molecular formula is C19H11N3S. The average Bonchev–Trinajstić information content (AvgIpc) is 3.06. The molecule has 4 aromatic rings. The van der Waals surface area contributed by atoms with Crippen LogP contribution in [0.4, 0.5) is 0 Å². The summed E-state index contributed by atoms with van der Waals surface area (Å²) in [5.74, 6) is 0.340. The van der Waals surface area contributed by atoms with Gasteiger partial charge in [0.2, 0.25) is 0 Å². The van der Waals surface area contributed by atoms with Crippen LogP contribution in [0, 0.1) is 0 Å². The molecule has 3 aromatic heterocycles. The molecule has 0 saturated carbocycles. The van der Waals surface area contributed by atoms with Crippen LogP contribution in [0.2, 0.25) is 0 Å². The number of nitrogens with zero attached hydrogens (tertiary/aromatic N) is 3. The summed E-state index contributed by atoms with van der Waals surface area (Å²) in [5.41, 5.74) is 7.58. The topological polar surface area (TPSA) is 38.7 Å². The minimum Gasteiger partial charge on any atom is -0.260 e. The Morgan fingerprint density at radius 2 is 1.61 bits per heavy atom. The molecule has 2 bridgehead atoms. The molecule has 2 atom stereocenters. The van der Waals surface area contributed by atoms with Crippen molar-refractivity contribution in [3.05, 3.63) is 87.4 Å². The van der Waals surface area contributed by atoms with Crippen molar-refractivity contribution in [1.82, 2.24) is 15.0 Å². The van der Waals surface area contributed by atoms with E-state index in [-0.39, 0.29) is 11.8 Å². The van der Waals surface area contributed by atoms with E-state index in [2.05, 4.69) is 38.9 Å². The molecule has 23 heavy (non-hydrogen) atoms. The fourth-order valence-electron chi connectivity index (χ4n) is 4.21. The van der Waals surface area contributed by atoms with Gasteiger partial charge in [0, 0.05) is 23.9 Å². The summed E-state index contributed by atoms with van der Waals surface area (Å²) in [7, 11) is 0. The van der Waals surface area contributed by atoms with E-state index < -0.39 is 0 Å². The summed E-state index contributed by atoms with van der Waals surface area (Å²) >= 11 is 1.76. The van der Waals surface area contributed by atoms with Gasteiger partial charge in [0.05, 0.1) is 17.3 Å². The van der Waals surface area contributed by atoms with Gasteiger partial charge in [-0.05, 0) is 56.4 Å². The second-order valence-electron chi connectivity index (χ2n) is 6.19. The zero-order valence-electron chi connectivity index (χ0n) is 12.1. The molecule has 4 heteroatoms. The molecule has 0 amide bonds. The zero-order valence-corrected chi connectivity index (χ0v) is 12.9. The molecule has 2 unspecified atom stereocenters. The third kappa shape index (κ3) is 1.38. The van der Waals surface area contributed by atoms with Crippen LogP contribution in [0.25, 0.3) is 10.8 Å². The van der Waals surface area contributed by atoms with Crippen LogP contribution >= 0.6 is 11.3 Å². The second-order valence-corrected chi connectivity index (χ2v) is 6.93. The number of benzene rings is 1. The van der Waals surface area contributed by atoms with E-state index in [9.17, 15) is 0 Å². The molecule has 0 N–H and O–H groups in total. The van der Waals surface area contributed by atoms with Gasteiger partial charge in [-0.1, -0.05) is 6.07 Å². The number of thiophene rings is 1. The molecule has 3 nitrogen and oxygen atoms in total. The van der Waals surface area contributed by atoms with E-state index in [0.717, 1.165) is 11.4 Å². The molecule has 1 aromatic carbocycles. The average molecular weight is 313 g/mol. The van der Waals surface area contributed by atoms with Crippen molar-refractivity contribution in [3.8, 4) is 0 Å². The lowest BCUT2D eigenvalue weighted by Crippen LogP contribution is -2.29. The summed E-state index contributed by atoms with van der Waals surface area (Å²) in [6.07, 6.45) is 5.53. The maximum absolute atomic E-state index is 4.71. The van der Waals surface area contributed by atoms with Crippen molar-refractivity contribution in [3.63, 3.8) is 0 Å². The fourth-order valence-corrected chi connectivity index (χ4v) is 4.98. The van der Waals surface area contributed by atoms with Gasteiger partial charge in [0.15, 0.2) is 0 Å². The predicted molar refractivity (Wildman–Crippen MR) is 90.0 cm³/mol. The van der Waals surface area contributed by atoms with E-state index in [1.165, 1.54) is 33.0 Å². The molecule has 3 heterocycles. The number of hydrogen-bond donors (Lipinski definition) is 0. The van der Waals surface area contributed by atoms with Crippen molar-refractivity contribution in [1.29, 1.82) is 0 Å². The lowest BCUT2D eigenvalue weighted by atomic mass is 9.64. The first-order valence-electron chi connectivity index (χ1n) is 7.66. The van der Waals surface area contributed by atoms with Gasteiger partial charge in [-0.15, -0.1) is 0 Å². The van der Waals surface area contributed by atoms with Gasteiger partial charge in [-0.2, -0.15) is 11.3 Å². The lowest BCUT2D eigenvalue weighted by molar-refractivity contribution is 0.697. The van der Waals surface area contributed by atoms with Crippen LogP contribution in [0.5, 0.6) is 0 Å². The summed E-state index contributed by atoms with van der Waals surface area (Å²) < 4.78 is 0. The monoisotopic (exact) mass is 313 g/mol. The van der Waals surface area contributed by atoms with Gasteiger partial charge in [-0.25, -0.2) is 9.97 Å². The molecule has 0 saturated heterocycles. The quantitative estimate of drug-likeness (QED) is 0.424. The third-order valence-corrected chi connectivity index (χ3v) is 5.89. The first kappa shape index (κ1) is 11.9. The van der Waals surface area contributed by atoms with E-state index in [0.29, 0.717) is 0 Å². The highest BCUT2D eigenvalue weighted by Gasteiger charge is 2.43. The van der Waals surface area contributed by atoms with Crippen LogP contribution in [-0.2, 0) is 0 Å². The van der Waals surface area contributed by atoms with Gasteiger partial charge in [0.25, 0.3) is 0 Å². The van der Waals surface area contributed by atoms with Crippen molar-refractivity contribution in [2.75, 3.05) is 0 Å². The number of hydrogen-bond acceptors (Lipinski definition) is 4. The van der Waals surface area contributed by atoms with E-state index in [4.69, 9.17) is 4.98 Å². The Hall–Kier alpha value is -2.59. The highest BCUT2D eigenvalue weighted by molar-refractivity contribution is 7.09. The van der Waals surface area contributed by atoms with Crippen molar-refractivity contribution in [2.45, 2.75) is 11.8 Å². The Morgan fingerprint density at radius 1 is 0.826 bits per heavy atom. The lowest BCUT2D eigenvalue weighted by Gasteiger charge is -2.40. The van der Waals surface area contributed by atoms with Crippen molar-refractivity contribution >= 4 is 22.1 Å². The summed E-state index contributed by atoms with van der Waals surface area (Å²) in [6, 6.07) is 8.93. The molecule has 0 radical (unpaired) electrons. The summed E-state index contributed by atoms with van der Waals surface area (Å²) in [5, 5.41) is 7.09. The Bertz CT molecular complexity index is 967. The largest absolute Gasteiger partial charge is 0.260 e. The summed E-state index contributed by atoms with van der Waals surface area (Å²) in [6.45, 7) is 0. The Balaban J connectivity index is 1.78. The molecule has 3 aliphatic rings. The smallest absolute Gasteiger partial charge is 0.115 e. The molecule has 3 aliphatic carbocycles. The number of rotatable bonds is 0. The number of pyridine rings is 1. The Kier molecular flexibility index (Phi) is 2.09. The maximum Gasteiger partial charge on any atom is 0.115 e. The standard InChI is InChI=1S/C19H11N3S/c1-2-12-16-13-4-10-7-23-8-11(10)5-14(13)17(18(12)21-3-1)19-15(16)6-20-9-22-19/h1-9,16-17H. The highest BCUT2D eigenvalue weighted by atomic mass is 32.1. The van der Waals surface area contributed by atoms with Gasteiger partial charge < -0.3 is 0 Å². The number of aromatic nitrogens is 3. The third-order valence-electron chi connectivity index (χ3n) is 5.11. The zero-order chi connectivity index (χ0) is 15.0. The van der Waals surface area contributed by atoms with E-state index >= 15 is 0 Å². The molecule has 7 rings (SSSR count). The Morgan fingerprint density at radius 3 is 2.48 bits per heavy atom. The highest BCUT2D eigenvalue weighted by Crippen LogP contribution is 2.54. The van der Waals surface area contributed by atoms with Crippen molar-refractivity contribution < 1.29 is 0 Å².